The minimum Gasteiger partial charge on any atom is -0.494 e. The molecule has 1 aromatic carbocycles. The molecule has 1 unspecified atom stereocenters. The molecule has 94 valence electrons. The smallest absolute Gasteiger partial charge is 0.119 e. The first-order valence-electron chi connectivity index (χ1n) is 6.67. The zero-order chi connectivity index (χ0) is 12.3. The second-order valence-electron chi connectivity index (χ2n) is 5.11. The van der Waals surface area contributed by atoms with Crippen molar-refractivity contribution in [1.29, 1.82) is 0 Å². The quantitative estimate of drug-likeness (QED) is 0.861. The Balaban J connectivity index is 2.25. The van der Waals surface area contributed by atoms with Gasteiger partial charge < -0.3 is 10.1 Å². The van der Waals surface area contributed by atoms with Crippen LogP contribution in [0.1, 0.15) is 39.2 Å². The number of ether oxygens (including phenoxy) is 1. The molecule has 0 aromatic heterocycles. The third-order valence-electron chi connectivity index (χ3n) is 3.85. The summed E-state index contributed by atoms with van der Waals surface area (Å²) in [5.41, 5.74) is 1.57. The highest BCUT2D eigenvalue weighted by atomic mass is 16.5. The summed E-state index contributed by atoms with van der Waals surface area (Å²) < 4.78 is 5.50. The Morgan fingerprint density at radius 1 is 1.29 bits per heavy atom. The average Bonchev–Trinajstić information content (AvgIpc) is 2.81. The second kappa shape index (κ2) is 5.09. The highest BCUT2D eigenvalue weighted by Crippen LogP contribution is 2.38. The van der Waals surface area contributed by atoms with Crippen LogP contribution in [0.4, 0.5) is 0 Å². The molecule has 1 N–H and O–H groups in total. The van der Waals surface area contributed by atoms with Gasteiger partial charge in [0.25, 0.3) is 0 Å². The van der Waals surface area contributed by atoms with Crippen molar-refractivity contribution in [3.8, 4) is 5.75 Å². The van der Waals surface area contributed by atoms with Gasteiger partial charge in [-0.2, -0.15) is 0 Å². The van der Waals surface area contributed by atoms with Gasteiger partial charge in [-0.25, -0.2) is 0 Å². The molecule has 0 bridgehead atoms. The van der Waals surface area contributed by atoms with Gasteiger partial charge in [0.2, 0.25) is 0 Å². The molecule has 2 heteroatoms. The first-order chi connectivity index (χ1) is 8.19. The standard InChI is InChI=1S/C15H23NO/c1-4-17-14-8-6-13(7-9-14)15(12(2)3)10-5-11-16-15/h6-9,12,16H,4-5,10-11H2,1-3H3. The Labute approximate surface area is 104 Å². The van der Waals surface area contributed by atoms with Gasteiger partial charge in [-0.05, 0) is 49.9 Å². The highest BCUT2D eigenvalue weighted by Gasteiger charge is 2.37. The molecule has 2 rings (SSSR count). The molecule has 2 nitrogen and oxygen atoms in total. The molecule has 1 saturated heterocycles. The Morgan fingerprint density at radius 3 is 2.47 bits per heavy atom. The van der Waals surface area contributed by atoms with Gasteiger partial charge in [0, 0.05) is 5.54 Å². The van der Waals surface area contributed by atoms with Crippen molar-refractivity contribution in [3.63, 3.8) is 0 Å². The molecule has 0 amide bonds. The molecule has 1 aliphatic rings. The van der Waals surface area contributed by atoms with Crippen LogP contribution in [0.2, 0.25) is 0 Å². The Kier molecular flexibility index (Phi) is 3.72. The van der Waals surface area contributed by atoms with Gasteiger partial charge in [0.1, 0.15) is 5.75 Å². The van der Waals surface area contributed by atoms with Gasteiger partial charge in [0.05, 0.1) is 6.61 Å². The fourth-order valence-corrected chi connectivity index (χ4v) is 2.85. The van der Waals surface area contributed by atoms with E-state index in [1.807, 2.05) is 6.92 Å². The summed E-state index contributed by atoms with van der Waals surface area (Å²) in [4.78, 5) is 0. The van der Waals surface area contributed by atoms with Crippen molar-refractivity contribution in [2.45, 2.75) is 39.2 Å². The summed E-state index contributed by atoms with van der Waals surface area (Å²) >= 11 is 0. The molecular weight excluding hydrogens is 210 g/mol. The summed E-state index contributed by atoms with van der Waals surface area (Å²) in [5.74, 6) is 1.58. The van der Waals surface area contributed by atoms with Crippen LogP contribution in [-0.4, -0.2) is 13.2 Å². The van der Waals surface area contributed by atoms with Crippen molar-refractivity contribution in [1.82, 2.24) is 5.32 Å². The maximum Gasteiger partial charge on any atom is 0.119 e. The monoisotopic (exact) mass is 233 g/mol. The van der Waals surface area contributed by atoms with Crippen LogP contribution in [0.25, 0.3) is 0 Å². The Bertz CT molecular complexity index is 350. The van der Waals surface area contributed by atoms with Gasteiger partial charge in [-0.3, -0.25) is 0 Å². The number of benzene rings is 1. The predicted octanol–water partition coefficient (Wildman–Crippen LogP) is 3.32. The molecule has 1 heterocycles. The molecule has 1 aromatic rings. The summed E-state index contributed by atoms with van der Waals surface area (Å²) in [6.45, 7) is 8.48. The topological polar surface area (TPSA) is 21.3 Å². The number of hydrogen-bond acceptors (Lipinski definition) is 2. The lowest BCUT2D eigenvalue weighted by molar-refractivity contribution is 0.276. The molecule has 1 atom stereocenters. The maximum atomic E-state index is 5.50. The summed E-state index contributed by atoms with van der Waals surface area (Å²) in [6, 6.07) is 8.60. The van der Waals surface area contributed by atoms with E-state index in [4.69, 9.17) is 4.74 Å². The van der Waals surface area contributed by atoms with E-state index in [0.29, 0.717) is 5.92 Å². The lowest BCUT2D eigenvalue weighted by atomic mass is 9.79. The van der Waals surface area contributed by atoms with E-state index in [1.54, 1.807) is 0 Å². The lowest BCUT2D eigenvalue weighted by Crippen LogP contribution is -2.41. The first-order valence-corrected chi connectivity index (χ1v) is 6.67. The molecule has 0 aliphatic carbocycles. The maximum absolute atomic E-state index is 5.50. The molecule has 1 aliphatic heterocycles. The fourth-order valence-electron chi connectivity index (χ4n) is 2.85. The van der Waals surface area contributed by atoms with E-state index in [2.05, 4.69) is 43.4 Å². The van der Waals surface area contributed by atoms with Crippen LogP contribution in [0, 0.1) is 5.92 Å². The van der Waals surface area contributed by atoms with E-state index in [9.17, 15) is 0 Å². The van der Waals surface area contributed by atoms with Crippen molar-refractivity contribution in [2.75, 3.05) is 13.2 Å². The summed E-state index contributed by atoms with van der Waals surface area (Å²) in [7, 11) is 0. The van der Waals surface area contributed by atoms with E-state index in [0.717, 1.165) is 18.9 Å². The molecular formula is C15H23NO. The van der Waals surface area contributed by atoms with Gasteiger partial charge in [-0.1, -0.05) is 26.0 Å². The molecule has 0 saturated carbocycles. The first kappa shape index (κ1) is 12.4. The average molecular weight is 233 g/mol. The number of rotatable bonds is 4. The van der Waals surface area contributed by atoms with E-state index < -0.39 is 0 Å². The molecule has 17 heavy (non-hydrogen) atoms. The molecule has 1 fully saturated rings. The van der Waals surface area contributed by atoms with Crippen LogP contribution < -0.4 is 10.1 Å². The zero-order valence-corrected chi connectivity index (χ0v) is 11.1. The molecule has 0 spiro atoms. The van der Waals surface area contributed by atoms with Gasteiger partial charge in [0.15, 0.2) is 0 Å². The SMILES string of the molecule is CCOc1ccc(C2(C(C)C)CCCN2)cc1. The fraction of sp³-hybridized carbons (Fsp3) is 0.600. The Hall–Kier alpha value is -1.02. The summed E-state index contributed by atoms with van der Waals surface area (Å²) in [5, 5.41) is 3.70. The number of hydrogen-bond donors (Lipinski definition) is 1. The van der Waals surface area contributed by atoms with Gasteiger partial charge >= 0.3 is 0 Å². The summed E-state index contributed by atoms with van der Waals surface area (Å²) in [6.07, 6.45) is 2.50. The lowest BCUT2D eigenvalue weighted by Gasteiger charge is -2.34. The van der Waals surface area contributed by atoms with Crippen molar-refractivity contribution in [3.05, 3.63) is 29.8 Å². The van der Waals surface area contributed by atoms with Crippen LogP contribution in [0.3, 0.4) is 0 Å². The van der Waals surface area contributed by atoms with Crippen molar-refractivity contribution in [2.24, 2.45) is 5.92 Å². The predicted molar refractivity (Wildman–Crippen MR) is 71.4 cm³/mol. The molecule has 0 radical (unpaired) electrons. The van der Waals surface area contributed by atoms with Gasteiger partial charge in [-0.15, -0.1) is 0 Å². The highest BCUT2D eigenvalue weighted by molar-refractivity contribution is 5.33. The van der Waals surface area contributed by atoms with Crippen LogP contribution in [0.15, 0.2) is 24.3 Å². The van der Waals surface area contributed by atoms with Crippen LogP contribution in [0.5, 0.6) is 5.75 Å². The largest absolute Gasteiger partial charge is 0.494 e. The van der Waals surface area contributed by atoms with Crippen LogP contribution in [-0.2, 0) is 5.54 Å². The van der Waals surface area contributed by atoms with E-state index in [-0.39, 0.29) is 5.54 Å². The van der Waals surface area contributed by atoms with Crippen molar-refractivity contribution >= 4 is 0 Å². The minimum absolute atomic E-state index is 0.171. The zero-order valence-electron chi connectivity index (χ0n) is 11.1. The third kappa shape index (κ3) is 2.32. The minimum atomic E-state index is 0.171. The Morgan fingerprint density at radius 2 is 2.00 bits per heavy atom. The van der Waals surface area contributed by atoms with E-state index in [1.165, 1.54) is 18.4 Å². The van der Waals surface area contributed by atoms with E-state index >= 15 is 0 Å². The third-order valence-corrected chi connectivity index (χ3v) is 3.85. The normalized spacial score (nSPS) is 24.2. The van der Waals surface area contributed by atoms with Crippen molar-refractivity contribution < 1.29 is 4.74 Å². The number of nitrogens with one attached hydrogen (secondary N) is 1. The van der Waals surface area contributed by atoms with Crippen LogP contribution >= 0.6 is 0 Å². The second-order valence-corrected chi connectivity index (χ2v) is 5.11.